The van der Waals surface area contributed by atoms with E-state index in [0.717, 1.165) is 18.7 Å². The Bertz CT molecular complexity index is 682. The van der Waals surface area contributed by atoms with Crippen molar-refractivity contribution >= 4 is 17.2 Å². The summed E-state index contributed by atoms with van der Waals surface area (Å²) in [5, 5.41) is 5.14. The smallest absolute Gasteiger partial charge is 0.220 e. The molecule has 4 heteroatoms. The maximum Gasteiger partial charge on any atom is 0.220 e. The fourth-order valence-corrected chi connectivity index (χ4v) is 4.52. The van der Waals surface area contributed by atoms with Gasteiger partial charge in [-0.3, -0.25) is 4.79 Å². The van der Waals surface area contributed by atoms with Gasteiger partial charge in [-0.2, -0.15) is 0 Å². The average molecular weight is 312 g/mol. The number of carbonyl (C=O) groups is 1. The van der Waals surface area contributed by atoms with Crippen LogP contribution < -0.4 is 5.32 Å². The molecular weight excluding hydrogens is 292 g/mol. The van der Waals surface area contributed by atoms with Gasteiger partial charge in [-0.1, -0.05) is 24.3 Å². The molecule has 0 radical (unpaired) electrons. The molecule has 2 aromatic rings. The van der Waals surface area contributed by atoms with E-state index in [1.165, 1.54) is 30.4 Å². The lowest BCUT2D eigenvalue weighted by molar-refractivity contribution is -0.121. The summed E-state index contributed by atoms with van der Waals surface area (Å²) < 4.78 is 0. The minimum atomic E-state index is 0.154. The highest BCUT2D eigenvalue weighted by molar-refractivity contribution is 7.07. The number of thiazole rings is 1. The van der Waals surface area contributed by atoms with E-state index in [4.69, 9.17) is 0 Å². The number of aryl methyl sites for hydroxylation is 2. The molecule has 1 N–H and O–H groups in total. The van der Waals surface area contributed by atoms with Crippen molar-refractivity contribution in [2.24, 2.45) is 5.92 Å². The second kappa shape index (κ2) is 5.51. The SMILES string of the molecule is O=C(CCc1cscn1)NC[C@H]1C[C@@]12CCc1ccccc12. The molecule has 4 rings (SSSR count). The Morgan fingerprint density at radius 2 is 2.32 bits per heavy atom. The summed E-state index contributed by atoms with van der Waals surface area (Å²) in [4.78, 5) is 16.2. The van der Waals surface area contributed by atoms with Crippen LogP contribution in [-0.2, 0) is 23.1 Å². The van der Waals surface area contributed by atoms with Crippen LogP contribution in [0.4, 0.5) is 0 Å². The van der Waals surface area contributed by atoms with E-state index in [2.05, 4.69) is 34.6 Å². The first-order valence-corrected chi connectivity index (χ1v) is 8.94. The molecule has 1 aromatic carbocycles. The lowest BCUT2D eigenvalue weighted by Crippen LogP contribution is -2.27. The quantitative estimate of drug-likeness (QED) is 0.922. The molecule has 0 unspecified atom stereocenters. The van der Waals surface area contributed by atoms with Crippen molar-refractivity contribution in [2.75, 3.05) is 6.54 Å². The Kier molecular flexibility index (Phi) is 3.49. The number of aromatic nitrogens is 1. The van der Waals surface area contributed by atoms with E-state index >= 15 is 0 Å². The largest absolute Gasteiger partial charge is 0.356 e. The fourth-order valence-electron chi connectivity index (χ4n) is 3.93. The van der Waals surface area contributed by atoms with Crippen molar-refractivity contribution in [3.8, 4) is 0 Å². The number of nitrogens with one attached hydrogen (secondary N) is 1. The van der Waals surface area contributed by atoms with E-state index in [1.54, 1.807) is 11.3 Å². The van der Waals surface area contributed by atoms with Gasteiger partial charge in [0, 0.05) is 23.8 Å². The molecule has 114 valence electrons. The first-order valence-electron chi connectivity index (χ1n) is 8.00. The van der Waals surface area contributed by atoms with Crippen LogP contribution in [0.5, 0.6) is 0 Å². The Labute approximate surface area is 134 Å². The summed E-state index contributed by atoms with van der Waals surface area (Å²) in [6.45, 7) is 0.824. The third-order valence-corrected chi connectivity index (χ3v) is 5.90. The molecule has 0 bridgehead atoms. The van der Waals surface area contributed by atoms with E-state index in [9.17, 15) is 4.79 Å². The molecule has 2 aliphatic carbocycles. The zero-order valence-corrected chi connectivity index (χ0v) is 13.4. The highest BCUT2D eigenvalue weighted by Crippen LogP contribution is 2.61. The second-order valence-electron chi connectivity index (χ2n) is 6.50. The van der Waals surface area contributed by atoms with Crippen molar-refractivity contribution in [1.82, 2.24) is 10.3 Å². The van der Waals surface area contributed by atoms with Crippen molar-refractivity contribution in [2.45, 2.75) is 37.5 Å². The zero-order valence-electron chi connectivity index (χ0n) is 12.5. The predicted molar refractivity (Wildman–Crippen MR) is 88.0 cm³/mol. The van der Waals surface area contributed by atoms with Gasteiger partial charge in [-0.25, -0.2) is 4.98 Å². The Morgan fingerprint density at radius 1 is 1.41 bits per heavy atom. The first kappa shape index (κ1) is 13.9. The number of rotatable bonds is 5. The number of hydrogen-bond donors (Lipinski definition) is 1. The second-order valence-corrected chi connectivity index (χ2v) is 7.22. The number of hydrogen-bond acceptors (Lipinski definition) is 3. The lowest BCUT2D eigenvalue weighted by Gasteiger charge is -2.12. The first-order chi connectivity index (χ1) is 10.8. The summed E-state index contributed by atoms with van der Waals surface area (Å²) in [7, 11) is 0. The van der Waals surface area contributed by atoms with Gasteiger partial charge in [0.1, 0.15) is 0 Å². The van der Waals surface area contributed by atoms with Crippen molar-refractivity contribution in [1.29, 1.82) is 0 Å². The Hall–Kier alpha value is -1.68. The van der Waals surface area contributed by atoms with Crippen LogP contribution in [0.3, 0.4) is 0 Å². The van der Waals surface area contributed by atoms with E-state index in [1.807, 2.05) is 10.9 Å². The van der Waals surface area contributed by atoms with Crippen LogP contribution in [0.2, 0.25) is 0 Å². The van der Waals surface area contributed by atoms with Crippen LogP contribution >= 0.6 is 11.3 Å². The van der Waals surface area contributed by atoms with Gasteiger partial charge in [0.25, 0.3) is 0 Å². The fraction of sp³-hybridized carbons (Fsp3) is 0.444. The topological polar surface area (TPSA) is 42.0 Å². The third kappa shape index (κ3) is 2.45. The van der Waals surface area contributed by atoms with Gasteiger partial charge in [-0.15, -0.1) is 11.3 Å². The number of carbonyl (C=O) groups excluding carboxylic acids is 1. The summed E-state index contributed by atoms with van der Waals surface area (Å²) in [5.74, 6) is 0.778. The zero-order chi connectivity index (χ0) is 15.0. The van der Waals surface area contributed by atoms with Crippen LogP contribution in [0, 0.1) is 5.92 Å². The summed E-state index contributed by atoms with van der Waals surface area (Å²) in [6.07, 6.45) is 4.97. The number of fused-ring (bicyclic) bond motifs is 2. The van der Waals surface area contributed by atoms with Gasteiger partial charge in [0.2, 0.25) is 5.91 Å². The molecule has 1 fully saturated rings. The molecule has 1 spiro atoms. The lowest BCUT2D eigenvalue weighted by atomic mass is 9.95. The molecule has 1 saturated carbocycles. The third-order valence-electron chi connectivity index (χ3n) is 5.26. The summed E-state index contributed by atoms with van der Waals surface area (Å²) in [5.41, 5.74) is 6.27. The predicted octanol–water partition coefficient (Wildman–Crippen LogP) is 3.10. The highest BCUT2D eigenvalue weighted by Gasteiger charge is 2.57. The highest BCUT2D eigenvalue weighted by atomic mass is 32.1. The molecule has 2 aliphatic rings. The molecular formula is C18H20N2OS. The molecule has 3 nitrogen and oxygen atoms in total. The van der Waals surface area contributed by atoms with E-state index in [0.29, 0.717) is 17.8 Å². The molecule has 1 heterocycles. The van der Waals surface area contributed by atoms with Gasteiger partial charge >= 0.3 is 0 Å². The molecule has 0 saturated heterocycles. The van der Waals surface area contributed by atoms with Crippen LogP contribution in [0.1, 0.15) is 36.1 Å². The summed E-state index contributed by atoms with van der Waals surface area (Å²) >= 11 is 1.58. The molecule has 2 atom stereocenters. The molecule has 1 amide bonds. The molecule has 0 aliphatic heterocycles. The molecule has 22 heavy (non-hydrogen) atoms. The minimum Gasteiger partial charge on any atom is -0.356 e. The average Bonchev–Trinajstić information content (AvgIpc) is 2.89. The van der Waals surface area contributed by atoms with E-state index < -0.39 is 0 Å². The monoisotopic (exact) mass is 312 g/mol. The van der Waals surface area contributed by atoms with E-state index in [-0.39, 0.29) is 5.91 Å². The number of nitrogens with zero attached hydrogens (tertiary/aromatic N) is 1. The normalized spacial score (nSPS) is 25.2. The maximum absolute atomic E-state index is 12.0. The van der Waals surface area contributed by atoms with Gasteiger partial charge in [0.15, 0.2) is 0 Å². The number of benzene rings is 1. The van der Waals surface area contributed by atoms with Crippen molar-refractivity contribution in [3.05, 3.63) is 52.0 Å². The Morgan fingerprint density at radius 3 is 3.18 bits per heavy atom. The van der Waals surface area contributed by atoms with Gasteiger partial charge in [0.05, 0.1) is 11.2 Å². The standard InChI is InChI=1S/C18H20N2OS/c21-17(6-5-15-11-22-12-20-15)19-10-14-9-18(14)8-7-13-3-1-2-4-16(13)18/h1-4,11-12,14H,5-10H2,(H,19,21)/t14-,18+/m1/s1. The molecule has 1 aromatic heterocycles. The van der Waals surface area contributed by atoms with Crippen LogP contribution in [0.15, 0.2) is 35.2 Å². The number of amides is 1. The van der Waals surface area contributed by atoms with Gasteiger partial charge in [-0.05, 0) is 42.7 Å². The van der Waals surface area contributed by atoms with Gasteiger partial charge < -0.3 is 5.32 Å². The van der Waals surface area contributed by atoms with Crippen molar-refractivity contribution < 1.29 is 4.79 Å². The van der Waals surface area contributed by atoms with Crippen molar-refractivity contribution in [3.63, 3.8) is 0 Å². The van der Waals surface area contributed by atoms with Crippen LogP contribution in [-0.4, -0.2) is 17.4 Å². The Balaban J connectivity index is 1.29. The maximum atomic E-state index is 12.0. The minimum absolute atomic E-state index is 0.154. The van der Waals surface area contributed by atoms with Crippen LogP contribution in [0.25, 0.3) is 0 Å². The summed E-state index contributed by atoms with van der Waals surface area (Å²) in [6, 6.07) is 8.82.